The fourth-order valence-corrected chi connectivity index (χ4v) is 2.56. The van der Waals surface area contributed by atoms with E-state index < -0.39 is 0 Å². The van der Waals surface area contributed by atoms with Crippen LogP contribution in [-0.4, -0.2) is 0 Å². The monoisotopic (exact) mass is 402 g/mol. The largest absolute Gasteiger partial charge is 0.271 e. The summed E-state index contributed by atoms with van der Waals surface area (Å²) in [6.45, 7) is 0. The van der Waals surface area contributed by atoms with E-state index in [1.165, 1.54) is 5.56 Å². The first kappa shape index (κ1) is 15.0. The summed E-state index contributed by atoms with van der Waals surface area (Å²) in [6, 6.07) is 14.1. The topological polar surface area (TPSA) is 38.0 Å². The Labute approximate surface area is 134 Å². The molecule has 19 heavy (non-hydrogen) atoms. The minimum absolute atomic E-state index is 0.0341. The number of benzene rings is 2. The fraction of sp³-hybridized carbons (Fsp3) is 0.143. The summed E-state index contributed by atoms with van der Waals surface area (Å²) in [6.07, 6.45) is 0.807. The van der Waals surface area contributed by atoms with E-state index in [0.717, 1.165) is 20.9 Å². The van der Waals surface area contributed by atoms with Gasteiger partial charge in [-0.05, 0) is 57.7 Å². The molecule has 0 amide bonds. The second-order valence-corrected chi connectivity index (χ2v) is 6.40. The lowest BCUT2D eigenvalue weighted by molar-refractivity contribution is 0.552. The zero-order chi connectivity index (χ0) is 13.8. The van der Waals surface area contributed by atoms with Crippen molar-refractivity contribution in [1.29, 1.82) is 0 Å². The predicted molar refractivity (Wildman–Crippen MR) is 87.1 cm³/mol. The Morgan fingerprint density at radius 1 is 1.11 bits per heavy atom. The van der Waals surface area contributed by atoms with Gasteiger partial charge in [-0.25, -0.2) is 0 Å². The minimum atomic E-state index is 0.0341. The minimum Gasteiger partial charge on any atom is -0.271 e. The number of hydrogen-bond donors (Lipinski definition) is 2. The molecule has 0 saturated carbocycles. The van der Waals surface area contributed by atoms with Gasteiger partial charge in [0.25, 0.3) is 0 Å². The van der Waals surface area contributed by atoms with Gasteiger partial charge in [-0.1, -0.05) is 45.7 Å². The van der Waals surface area contributed by atoms with Gasteiger partial charge in [0.15, 0.2) is 0 Å². The third-order valence-corrected chi connectivity index (χ3v) is 4.66. The lowest BCUT2D eigenvalue weighted by Crippen LogP contribution is -2.29. The first-order valence-corrected chi connectivity index (χ1v) is 7.72. The number of hydrazine groups is 1. The number of rotatable bonds is 4. The van der Waals surface area contributed by atoms with Crippen LogP contribution in [0.25, 0.3) is 0 Å². The van der Waals surface area contributed by atoms with Crippen molar-refractivity contribution in [3.8, 4) is 0 Å². The highest BCUT2D eigenvalue weighted by atomic mass is 79.9. The molecule has 3 N–H and O–H groups in total. The SMILES string of the molecule is NNC(Cc1ccc(Br)cc1)c1ccc(Br)c(Cl)c1. The van der Waals surface area contributed by atoms with Crippen LogP contribution in [0, 0.1) is 0 Å². The molecule has 0 spiro atoms. The van der Waals surface area contributed by atoms with Crippen LogP contribution in [0.3, 0.4) is 0 Å². The summed E-state index contributed by atoms with van der Waals surface area (Å²) in [5.41, 5.74) is 5.12. The van der Waals surface area contributed by atoms with Crippen molar-refractivity contribution in [3.05, 3.63) is 67.6 Å². The first-order chi connectivity index (χ1) is 9.10. The van der Waals surface area contributed by atoms with Crippen molar-refractivity contribution in [2.75, 3.05) is 0 Å². The van der Waals surface area contributed by atoms with Gasteiger partial charge in [0.2, 0.25) is 0 Å². The molecule has 0 fully saturated rings. The summed E-state index contributed by atoms with van der Waals surface area (Å²) in [5.74, 6) is 5.66. The van der Waals surface area contributed by atoms with Gasteiger partial charge in [0.05, 0.1) is 11.1 Å². The Hall–Kier alpha value is -0.390. The van der Waals surface area contributed by atoms with Crippen LogP contribution in [-0.2, 0) is 6.42 Å². The molecule has 2 aromatic rings. The molecule has 0 aliphatic carbocycles. The number of halogens is 3. The summed E-state index contributed by atoms with van der Waals surface area (Å²) >= 11 is 12.9. The second kappa shape index (κ2) is 6.86. The smallest absolute Gasteiger partial charge is 0.0551 e. The third-order valence-electron chi connectivity index (χ3n) is 2.90. The number of nitrogens with one attached hydrogen (secondary N) is 1. The van der Waals surface area contributed by atoms with Crippen molar-refractivity contribution in [2.45, 2.75) is 12.5 Å². The van der Waals surface area contributed by atoms with Gasteiger partial charge in [0, 0.05) is 8.95 Å². The molecule has 2 rings (SSSR count). The quantitative estimate of drug-likeness (QED) is 0.577. The van der Waals surface area contributed by atoms with E-state index in [0.29, 0.717) is 5.02 Å². The third kappa shape index (κ3) is 4.04. The van der Waals surface area contributed by atoms with Crippen molar-refractivity contribution < 1.29 is 0 Å². The summed E-state index contributed by atoms with van der Waals surface area (Å²) in [5, 5.41) is 0.688. The Morgan fingerprint density at radius 2 is 1.79 bits per heavy atom. The molecule has 0 saturated heterocycles. The van der Waals surface area contributed by atoms with Gasteiger partial charge in [0.1, 0.15) is 0 Å². The van der Waals surface area contributed by atoms with Crippen molar-refractivity contribution in [2.24, 2.45) is 5.84 Å². The molecular weight excluding hydrogens is 391 g/mol. The van der Waals surface area contributed by atoms with Gasteiger partial charge in [-0.2, -0.15) is 0 Å². The molecule has 0 aromatic heterocycles. The lowest BCUT2D eigenvalue weighted by atomic mass is 9.99. The molecule has 2 nitrogen and oxygen atoms in total. The normalized spacial score (nSPS) is 12.4. The van der Waals surface area contributed by atoms with Gasteiger partial charge in [-0.3, -0.25) is 11.3 Å². The maximum atomic E-state index is 6.12. The van der Waals surface area contributed by atoms with Gasteiger partial charge in [-0.15, -0.1) is 0 Å². The Morgan fingerprint density at radius 3 is 2.37 bits per heavy atom. The maximum absolute atomic E-state index is 6.12. The highest BCUT2D eigenvalue weighted by Gasteiger charge is 2.12. The average molecular weight is 405 g/mol. The molecule has 2 aromatic carbocycles. The maximum Gasteiger partial charge on any atom is 0.0551 e. The van der Waals surface area contributed by atoms with Crippen LogP contribution in [0.5, 0.6) is 0 Å². The van der Waals surface area contributed by atoms with Crippen LogP contribution in [0.1, 0.15) is 17.2 Å². The highest BCUT2D eigenvalue weighted by Crippen LogP contribution is 2.27. The second-order valence-electron chi connectivity index (χ2n) is 4.22. The van der Waals surface area contributed by atoms with E-state index in [4.69, 9.17) is 17.4 Å². The molecule has 1 unspecified atom stereocenters. The molecule has 100 valence electrons. The van der Waals surface area contributed by atoms with Crippen molar-refractivity contribution >= 4 is 43.5 Å². The van der Waals surface area contributed by atoms with Crippen molar-refractivity contribution in [1.82, 2.24) is 5.43 Å². The Balaban J connectivity index is 2.19. The first-order valence-electron chi connectivity index (χ1n) is 5.75. The number of nitrogens with two attached hydrogens (primary N) is 1. The zero-order valence-corrected chi connectivity index (χ0v) is 14.0. The summed E-state index contributed by atoms with van der Waals surface area (Å²) < 4.78 is 1.96. The standard InChI is InChI=1S/C14H13Br2ClN2/c15-11-4-1-9(2-5-11)7-14(19-18)10-3-6-12(16)13(17)8-10/h1-6,8,14,19H,7,18H2. The molecule has 0 heterocycles. The molecular formula is C14H13Br2ClN2. The van der Waals surface area contributed by atoms with E-state index in [-0.39, 0.29) is 6.04 Å². The van der Waals surface area contributed by atoms with Gasteiger partial charge < -0.3 is 0 Å². The molecule has 0 radical (unpaired) electrons. The predicted octanol–water partition coefficient (Wildman–Crippen LogP) is 4.61. The molecule has 5 heteroatoms. The van der Waals surface area contributed by atoms with E-state index >= 15 is 0 Å². The zero-order valence-electron chi connectivity index (χ0n) is 10.0. The van der Waals surface area contributed by atoms with E-state index in [2.05, 4.69) is 49.4 Å². The van der Waals surface area contributed by atoms with Crippen LogP contribution in [0.2, 0.25) is 5.02 Å². The summed E-state index contributed by atoms with van der Waals surface area (Å²) in [4.78, 5) is 0. The Bertz CT molecular complexity index is 558. The molecule has 1 atom stereocenters. The number of hydrogen-bond acceptors (Lipinski definition) is 2. The molecule has 0 bridgehead atoms. The lowest BCUT2D eigenvalue weighted by Gasteiger charge is -2.17. The molecule has 0 aliphatic heterocycles. The van der Waals surface area contributed by atoms with Crippen LogP contribution in [0.15, 0.2) is 51.4 Å². The van der Waals surface area contributed by atoms with Gasteiger partial charge >= 0.3 is 0 Å². The fourth-order valence-electron chi connectivity index (χ4n) is 1.86. The van der Waals surface area contributed by atoms with Crippen LogP contribution >= 0.6 is 43.5 Å². The summed E-state index contributed by atoms with van der Waals surface area (Å²) in [7, 11) is 0. The highest BCUT2D eigenvalue weighted by molar-refractivity contribution is 9.10. The van der Waals surface area contributed by atoms with E-state index in [9.17, 15) is 0 Å². The average Bonchev–Trinajstić information content (AvgIpc) is 2.41. The Kier molecular flexibility index (Phi) is 5.42. The van der Waals surface area contributed by atoms with Crippen LogP contribution < -0.4 is 11.3 Å². The van der Waals surface area contributed by atoms with Crippen LogP contribution in [0.4, 0.5) is 0 Å². The molecule has 0 aliphatic rings. The van der Waals surface area contributed by atoms with E-state index in [1.54, 1.807) is 0 Å². The van der Waals surface area contributed by atoms with E-state index in [1.807, 2.05) is 30.3 Å². The van der Waals surface area contributed by atoms with Crippen molar-refractivity contribution in [3.63, 3.8) is 0 Å².